The standard InChI is InChI=1S/C12H11N3O2/c1-15-11-8-4-5-13-6-7(8)2-3-9(11)10(14-15)12(16)17/h4-6H,2-3H2,1H3,(H,16,17). The molecule has 17 heavy (non-hydrogen) atoms. The summed E-state index contributed by atoms with van der Waals surface area (Å²) in [4.78, 5) is 15.2. The molecule has 1 aliphatic rings. The Hall–Kier alpha value is -2.17. The normalized spacial score (nSPS) is 13.0. The predicted molar refractivity (Wildman–Crippen MR) is 60.8 cm³/mol. The Morgan fingerprint density at radius 1 is 1.47 bits per heavy atom. The van der Waals surface area contributed by atoms with E-state index in [1.807, 2.05) is 12.3 Å². The lowest BCUT2D eigenvalue weighted by atomic mass is 9.90. The molecule has 3 rings (SSSR count). The van der Waals surface area contributed by atoms with Crippen LogP contribution in [0, 0.1) is 0 Å². The van der Waals surface area contributed by atoms with Crippen LogP contribution in [0.1, 0.15) is 21.6 Å². The molecule has 86 valence electrons. The monoisotopic (exact) mass is 229 g/mol. The van der Waals surface area contributed by atoms with E-state index in [1.165, 1.54) is 0 Å². The number of aryl methyl sites for hydroxylation is 2. The van der Waals surface area contributed by atoms with Crippen LogP contribution in [0.3, 0.4) is 0 Å². The van der Waals surface area contributed by atoms with E-state index in [4.69, 9.17) is 5.11 Å². The Kier molecular flexibility index (Phi) is 2.01. The number of pyridine rings is 1. The van der Waals surface area contributed by atoms with Gasteiger partial charge in [0.15, 0.2) is 5.69 Å². The fraction of sp³-hybridized carbons (Fsp3) is 0.250. The van der Waals surface area contributed by atoms with Gasteiger partial charge in [-0.05, 0) is 24.5 Å². The molecule has 5 nitrogen and oxygen atoms in total. The molecule has 0 radical (unpaired) electrons. The summed E-state index contributed by atoms with van der Waals surface area (Å²) in [6, 6.07) is 1.92. The van der Waals surface area contributed by atoms with Gasteiger partial charge in [0.25, 0.3) is 0 Å². The molecule has 0 bridgehead atoms. The first kappa shape index (κ1) is 10.0. The predicted octanol–water partition coefficient (Wildman–Crippen LogP) is 1.28. The number of aromatic carboxylic acids is 1. The number of carbonyl (C=O) groups is 1. The highest BCUT2D eigenvalue weighted by atomic mass is 16.4. The van der Waals surface area contributed by atoms with Crippen LogP contribution >= 0.6 is 0 Å². The SMILES string of the molecule is Cn1nc(C(=O)O)c2c1-c1ccncc1CC2. The summed E-state index contributed by atoms with van der Waals surface area (Å²) < 4.78 is 1.65. The van der Waals surface area contributed by atoms with E-state index in [1.54, 1.807) is 17.9 Å². The lowest BCUT2D eigenvalue weighted by molar-refractivity contribution is 0.0688. The lowest BCUT2D eigenvalue weighted by Crippen LogP contribution is -2.08. The molecule has 1 N–H and O–H groups in total. The summed E-state index contributed by atoms with van der Waals surface area (Å²) in [5, 5.41) is 13.2. The first-order chi connectivity index (χ1) is 8.18. The van der Waals surface area contributed by atoms with Gasteiger partial charge in [0.1, 0.15) is 0 Å². The Bertz CT molecular complexity index is 616. The Morgan fingerprint density at radius 2 is 2.29 bits per heavy atom. The van der Waals surface area contributed by atoms with Gasteiger partial charge in [-0.25, -0.2) is 4.79 Å². The minimum absolute atomic E-state index is 0.171. The van der Waals surface area contributed by atoms with Crippen molar-refractivity contribution in [3.63, 3.8) is 0 Å². The highest BCUT2D eigenvalue weighted by Crippen LogP contribution is 2.34. The van der Waals surface area contributed by atoms with Crippen LogP contribution in [0.4, 0.5) is 0 Å². The van der Waals surface area contributed by atoms with Gasteiger partial charge in [-0.1, -0.05) is 0 Å². The first-order valence-electron chi connectivity index (χ1n) is 5.41. The summed E-state index contributed by atoms with van der Waals surface area (Å²) >= 11 is 0. The average molecular weight is 229 g/mol. The summed E-state index contributed by atoms with van der Waals surface area (Å²) in [7, 11) is 1.78. The van der Waals surface area contributed by atoms with Gasteiger partial charge in [0.2, 0.25) is 0 Å². The molecule has 0 amide bonds. The van der Waals surface area contributed by atoms with E-state index in [-0.39, 0.29) is 5.69 Å². The molecular weight excluding hydrogens is 218 g/mol. The van der Waals surface area contributed by atoms with Crippen molar-refractivity contribution in [2.45, 2.75) is 12.8 Å². The van der Waals surface area contributed by atoms with Crippen molar-refractivity contribution in [1.29, 1.82) is 0 Å². The summed E-state index contributed by atoms with van der Waals surface area (Å²) in [5.41, 5.74) is 4.11. The minimum atomic E-state index is -0.959. The van der Waals surface area contributed by atoms with Gasteiger partial charge < -0.3 is 5.11 Å². The first-order valence-corrected chi connectivity index (χ1v) is 5.41. The number of aromatic nitrogens is 3. The third-order valence-corrected chi connectivity index (χ3v) is 3.15. The Morgan fingerprint density at radius 3 is 3.06 bits per heavy atom. The maximum absolute atomic E-state index is 11.1. The number of nitrogens with zero attached hydrogens (tertiary/aromatic N) is 3. The fourth-order valence-corrected chi connectivity index (χ4v) is 2.43. The zero-order valence-electron chi connectivity index (χ0n) is 9.34. The molecule has 0 saturated heterocycles. The van der Waals surface area contributed by atoms with Crippen LogP contribution in [0.25, 0.3) is 11.3 Å². The Labute approximate surface area is 97.7 Å². The molecule has 2 aromatic rings. The summed E-state index contributed by atoms with van der Waals surface area (Å²) in [6.45, 7) is 0. The molecule has 1 aliphatic carbocycles. The molecule has 0 fully saturated rings. The maximum Gasteiger partial charge on any atom is 0.356 e. The van der Waals surface area contributed by atoms with Crippen molar-refractivity contribution in [1.82, 2.24) is 14.8 Å². The average Bonchev–Trinajstić information content (AvgIpc) is 2.67. The molecule has 2 aromatic heterocycles. The van der Waals surface area contributed by atoms with Crippen molar-refractivity contribution in [2.75, 3.05) is 0 Å². The third kappa shape index (κ3) is 1.35. The quantitative estimate of drug-likeness (QED) is 0.799. The lowest BCUT2D eigenvalue weighted by Gasteiger charge is -2.16. The number of hydrogen-bond donors (Lipinski definition) is 1. The number of carboxylic acids is 1. The number of hydrogen-bond acceptors (Lipinski definition) is 3. The second-order valence-corrected chi connectivity index (χ2v) is 4.14. The second kappa shape index (κ2) is 3.41. The smallest absolute Gasteiger partial charge is 0.356 e. The van der Waals surface area contributed by atoms with Gasteiger partial charge in [0.05, 0.1) is 5.69 Å². The van der Waals surface area contributed by atoms with Crippen molar-refractivity contribution in [2.24, 2.45) is 7.05 Å². The van der Waals surface area contributed by atoms with Gasteiger partial charge in [-0.3, -0.25) is 9.67 Å². The zero-order chi connectivity index (χ0) is 12.0. The van der Waals surface area contributed by atoms with Crippen LogP contribution in [0.15, 0.2) is 18.5 Å². The van der Waals surface area contributed by atoms with Gasteiger partial charge in [-0.15, -0.1) is 0 Å². The van der Waals surface area contributed by atoms with Crippen LogP contribution in [0.2, 0.25) is 0 Å². The molecule has 0 aliphatic heterocycles. The largest absolute Gasteiger partial charge is 0.476 e. The van der Waals surface area contributed by atoms with E-state index in [0.717, 1.165) is 28.8 Å². The number of rotatable bonds is 1. The van der Waals surface area contributed by atoms with Gasteiger partial charge >= 0.3 is 5.97 Å². The van der Waals surface area contributed by atoms with Crippen molar-refractivity contribution in [3.8, 4) is 11.3 Å². The highest BCUT2D eigenvalue weighted by molar-refractivity contribution is 5.90. The van der Waals surface area contributed by atoms with Gasteiger partial charge in [-0.2, -0.15) is 5.10 Å². The second-order valence-electron chi connectivity index (χ2n) is 4.14. The van der Waals surface area contributed by atoms with E-state index in [0.29, 0.717) is 6.42 Å². The summed E-state index contributed by atoms with van der Waals surface area (Å²) in [5.74, 6) is -0.959. The fourth-order valence-electron chi connectivity index (χ4n) is 2.43. The topological polar surface area (TPSA) is 68.0 Å². The molecule has 0 unspecified atom stereocenters. The van der Waals surface area contributed by atoms with Crippen molar-refractivity contribution in [3.05, 3.63) is 35.3 Å². The molecule has 0 aromatic carbocycles. The van der Waals surface area contributed by atoms with Crippen LogP contribution in [0.5, 0.6) is 0 Å². The maximum atomic E-state index is 11.1. The number of fused-ring (bicyclic) bond motifs is 3. The molecule has 0 atom stereocenters. The third-order valence-electron chi connectivity index (χ3n) is 3.15. The van der Waals surface area contributed by atoms with E-state index < -0.39 is 5.97 Å². The van der Waals surface area contributed by atoms with Crippen LogP contribution in [-0.2, 0) is 19.9 Å². The molecule has 0 spiro atoms. The Balaban J connectivity index is 2.30. The van der Waals surface area contributed by atoms with Crippen LogP contribution < -0.4 is 0 Å². The molecular formula is C12H11N3O2. The number of carboxylic acid groups (broad SMARTS) is 1. The van der Waals surface area contributed by atoms with Crippen molar-refractivity contribution < 1.29 is 9.90 Å². The van der Waals surface area contributed by atoms with E-state index in [9.17, 15) is 4.79 Å². The van der Waals surface area contributed by atoms with Crippen molar-refractivity contribution >= 4 is 5.97 Å². The molecule has 5 heteroatoms. The van der Waals surface area contributed by atoms with E-state index in [2.05, 4.69) is 10.1 Å². The zero-order valence-corrected chi connectivity index (χ0v) is 9.34. The van der Waals surface area contributed by atoms with Gasteiger partial charge in [0, 0.05) is 30.6 Å². The molecule has 2 heterocycles. The van der Waals surface area contributed by atoms with E-state index >= 15 is 0 Å². The summed E-state index contributed by atoms with van der Waals surface area (Å²) in [6.07, 6.45) is 5.10. The molecule has 0 saturated carbocycles. The van der Waals surface area contributed by atoms with Crippen LogP contribution in [-0.4, -0.2) is 25.8 Å². The minimum Gasteiger partial charge on any atom is -0.476 e. The highest BCUT2D eigenvalue weighted by Gasteiger charge is 2.26.